The first-order valence-electron chi connectivity index (χ1n) is 11.2. The third-order valence-electron chi connectivity index (χ3n) is 6.93. The summed E-state index contributed by atoms with van der Waals surface area (Å²) in [6.07, 6.45) is 5.93. The van der Waals surface area contributed by atoms with Crippen LogP contribution >= 0.6 is 11.3 Å². The molecule has 0 spiro atoms. The molecule has 2 fully saturated rings. The number of hydrogen-bond donors (Lipinski definition) is 0. The van der Waals surface area contributed by atoms with Crippen molar-refractivity contribution >= 4 is 27.3 Å². The summed E-state index contributed by atoms with van der Waals surface area (Å²) in [7, 11) is -3.63. The van der Waals surface area contributed by atoms with Gasteiger partial charge in [0.15, 0.2) is 0 Å². The van der Waals surface area contributed by atoms with E-state index in [2.05, 4.69) is 4.90 Å². The van der Waals surface area contributed by atoms with E-state index in [9.17, 15) is 13.2 Å². The molecule has 2 aliphatic heterocycles. The van der Waals surface area contributed by atoms with Gasteiger partial charge in [0.25, 0.3) is 5.91 Å². The molecule has 6 nitrogen and oxygen atoms in total. The summed E-state index contributed by atoms with van der Waals surface area (Å²) in [6, 6.07) is 9.27. The fraction of sp³-hybridized carbons (Fsp3) is 0.522. The zero-order valence-electron chi connectivity index (χ0n) is 17.7. The van der Waals surface area contributed by atoms with Crippen molar-refractivity contribution in [1.29, 1.82) is 0 Å². The van der Waals surface area contributed by atoms with E-state index in [1.165, 1.54) is 34.9 Å². The molecule has 1 aliphatic carbocycles. The summed E-state index contributed by atoms with van der Waals surface area (Å²) in [5, 5.41) is 2.02. The van der Waals surface area contributed by atoms with Crippen LogP contribution in [-0.2, 0) is 23.0 Å². The van der Waals surface area contributed by atoms with E-state index < -0.39 is 10.0 Å². The molecule has 5 rings (SSSR count). The Labute approximate surface area is 188 Å². The number of benzene rings is 1. The summed E-state index contributed by atoms with van der Waals surface area (Å²) in [6.45, 7) is 4.12. The predicted octanol–water partition coefficient (Wildman–Crippen LogP) is 3.20. The van der Waals surface area contributed by atoms with Gasteiger partial charge in [-0.25, -0.2) is 8.42 Å². The Balaban J connectivity index is 1.28. The van der Waals surface area contributed by atoms with Crippen molar-refractivity contribution in [2.24, 2.45) is 0 Å². The van der Waals surface area contributed by atoms with Crippen molar-refractivity contribution in [3.63, 3.8) is 0 Å². The van der Waals surface area contributed by atoms with E-state index in [4.69, 9.17) is 0 Å². The zero-order valence-corrected chi connectivity index (χ0v) is 19.3. The first-order valence-corrected chi connectivity index (χ1v) is 13.5. The molecule has 166 valence electrons. The second kappa shape index (κ2) is 8.65. The van der Waals surface area contributed by atoms with Crippen molar-refractivity contribution in [2.45, 2.75) is 49.6 Å². The Morgan fingerprint density at radius 1 is 1.00 bits per heavy atom. The lowest BCUT2D eigenvalue weighted by molar-refractivity contribution is 0.0573. The minimum absolute atomic E-state index is 0.0677. The number of nitrogens with zero attached hydrogens (tertiary/aromatic N) is 3. The Hall–Kier alpha value is -1.74. The Morgan fingerprint density at radius 3 is 2.55 bits per heavy atom. The van der Waals surface area contributed by atoms with Crippen LogP contribution in [0.25, 0.3) is 0 Å². The number of carbonyl (C=O) groups excluding carboxylic acids is 1. The standard InChI is InChI=1S/C23H29N3O3S2/c27-23(25-13-11-24(12-14-25)20-5-1-2-6-20)18-4-3-7-21(16-18)31(28,29)26-10-8-22-19(17-26)9-15-30-22/h3-4,7,9,15-16,20H,1-2,5-6,8,10-14,17H2. The van der Waals surface area contributed by atoms with E-state index in [1.807, 2.05) is 16.3 Å². The van der Waals surface area contributed by atoms with E-state index in [0.717, 1.165) is 25.1 Å². The van der Waals surface area contributed by atoms with Crippen molar-refractivity contribution in [3.05, 3.63) is 51.7 Å². The fourth-order valence-electron chi connectivity index (χ4n) is 5.11. The lowest BCUT2D eigenvalue weighted by Gasteiger charge is -2.38. The number of piperazine rings is 1. The molecule has 1 aromatic heterocycles. The van der Waals surface area contributed by atoms with Gasteiger partial charge < -0.3 is 4.90 Å². The topological polar surface area (TPSA) is 60.9 Å². The molecule has 1 saturated carbocycles. The van der Waals surface area contributed by atoms with Crippen molar-refractivity contribution < 1.29 is 13.2 Å². The lowest BCUT2D eigenvalue weighted by Crippen LogP contribution is -2.51. The van der Waals surface area contributed by atoms with Gasteiger partial charge in [-0.15, -0.1) is 11.3 Å². The van der Waals surface area contributed by atoms with E-state index in [1.54, 1.807) is 35.6 Å². The van der Waals surface area contributed by atoms with Gasteiger partial charge in [-0.2, -0.15) is 4.31 Å². The SMILES string of the molecule is O=C(c1cccc(S(=O)(=O)N2CCc3sccc3C2)c1)N1CCN(C2CCCC2)CC1. The van der Waals surface area contributed by atoms with Crippen LogP contribution < -0.4 is 0 Å². The maximum atomic E-state index is 13.3. The van der Waals surface area contributed by atoms with Gasteiger partial charge in [-0.1, -0.05) is 18.9 Å². The Kier molecular flexibility index (Phi) is 5.90. The number of sulfonamides is 1. The van der Waals surface area contributed by atoms with Gasteiger partial charge in [0.05, 0.1) is 4.90 Å². The van der Waals surface area contributed by atoms with Crippen LogP contribution in [-0.4, -0.2) is 67.2 Å². The predicted molar refractivity (Wildman–Crippen MR) is 122 cm³/mol. The largest absolute Gasteiger partial charge is 0.336 e. The summed E-state index contributed by atoms with van der Waals surface area (Å²) >= 11 is 1.69. The highest BCUT2D eigenvalue weighted by Crippen LogP contribution is 2.29. The maximum Gasteiger partial charge on any atom is 0.253 e. The normalized spacial score (nSPS) is 21.4. The minimum Gasteiger partial charge on any atom is -0.336 e. The molecule has 3 heterocycles. The highest BCUT2D eigenvalue weighted by atomic mass is 32.2. The molecule has 0 atom stereocenters. The van der Waals surface area contributed by atoms with Crippen molar-refractivity contribution in [1.82, 2.24) is 14.1 Å². The average Bonchev–Trinajstić information content (AvgIpc) is 3.50. The molecular formula is C23H29N3O3S2. The number of hydrogen-bond acceptors (Lipinski definition) is 5. The number of rotatable bonds is 4. The second-order valence-electron chi connectivity index (χ2n) is 8.75. The number of fused-ring (bicyclic) bond motifs is 1. The Bertz CT molecular complexity index is 1050. The molecule has 0 N–H and O–H groups in total. The smallest absolute Gasteiger partial charge is 0.253 e. The van der Waals surface area contributed by atoms with Gasteiger partial charge in [-0.05, 0) is 54.5 Å². The monoisotopic (exact) mass is 459 g/mol. The van der Waals surface area contributed by atoms with E-state index in [0.29, 0.717) is 37.8 Å². The summed E-state index contributed by atoms with van der Waals surface area (Å²) in [5.74, 6) is -0.0677. The molecule has 2 aromatic rings. The van der Waals surface area contributed by atoms with Crippen LogP contribution in [0.4, 0.5) is 0 Å². The molecule has 31 heavy (non-hydrogen) atoms. The molecule has 1 saturated heterocycles. The van der Waals surface area contributed by atoms with Crippen LogP contribution in [0.5, 0.6) is 0 Å². The fourth-order valence-corrected chi connectivity index (χ4v) is 7.46. The molecule has 8 heteroatoms. The second-order valence-corrected chi connectivity index (χ2v) is 11.7. The third-order valence-corrected chi connectivity index (χ3v) is 9.80. The van der Waals surface area contributed by atoms with E-state index >= 15 is 0 Å². The summed E-state index contributed by atoms with van der Waals surface area (Å²) < 4.78 is 28.0. The van der Waals surface area contributed by atoms with E-state index in [-0.39, 0.29) is 10.8 Å². The third kappa shape index (κ3) is 4.18. The average molecular weight is 460 g/mol. The highest BCUT2D eigenvalue weighted by molar-refractivity contribution is 7.89. The molecule has 3 aliphatic rings. The molecule has 0 radical (unpaired) electrons. The van der Waals surface area contributed by atoms with Gasteiger partial charge in [0, 0.05) is 55.8 Å². The van der Waals surface area contributed by atoms with Crippen LogP contribution in [0.3, 0.4) is 0 Å². The van der Waals surface area contributed by atoms with Crippen LogP contribution in [0.15, 0.2) is 40.6 Å². The van der Waals surface area contributed by atoms with Gasteiger partial charge in [-0.3, -0.25) is 9.69 Å². The van der Waals surface area contributed by atoms with Crippen LogP contribution in [0.1, 0.15) is 46.5 Å². The molecule has 0 unspecified atom stereocenters. The van der Waals surface area contributed by atoms with Crippen LogP contribution in [0, 0.1) is 0 Å². The van der Waals surface area contributed by atoms with Gasteiger partial charge >= 0.3 is 0 Å². The summed E-state index contributed by atoms with van der Waals surface area (Å²) in [4.78, 5) is 19.0. The summed E-state index contributed by atoms with van der Waals surface area (Å²) in [5.41, 5.74) is 1.55. The number of carbonyl (C=O) groups is 1. The van der Waals surface area contributed by atoms with Crippen molar-refractivity contribution in [3.8, 4) is 0 Å². The quantitative estimate of drug-likeness (QED) is 0.705. The molecule has 1 amide bonds. The highest BCUT2D eigenvalue weighted by Gasteiger charge is 2.31. The van der Waals surface area contributed by atoms with Crippen LogP contribution in [0.2, 0.25) is 0 Å². The zero-order chi connectivity index (χ0) is 21.4. The van der Waals surface area contributed by atoms with Gasteiger partial charge in [0.1, 0.15) is 0 Å². The number of amides is 1. The molecule has 1 aromatic carbocycles. The maximum absolute atomic E-state index is 13.3. The number of thiophene rings is 1. The minimum atomic E-state index is -3.63. The molecular weight excluding hydrogens is 430 g/mol. The first kappa shape index (κ1) is 21.1. The van der Waals surface area contributed by atoms with Gasteiger partial charge in [0.2, 0.25) is 10.0 Å². The molecule has 0 bridgehead atoms. The first-order chi connectivity index (χ1) is 15.0. The Morgan fingerprint density at radius 2 is 1.77 bits per heavy atom. The lowest BCUT2D eigenvalue weighted by atomic mass is 10.1. The van der Waals surface area contributed by atoms with Crippen molar-refractivity contribution in [2.75, 3.05) is 32.7 Å².